The van der Waals surface area contributed by atoms with Crippen LogP contribution in [0.4, 0.5) is 0 Å². The van der Waals surface area contributed by atoms with Gasteiger partial charge in [-0.1, -0.05) is 29.3 Å². The minimum atomic E-state index is -0.810. The lowest BCUT2D eigenvalue weighted by atomic mass is 10.1. The molecular formula is C13H15Cl2NO3. The number of carbonyl (C=O) groups excluding carboxylic acids is 2. The van der Waals surface area contributed by atoms with E-state index in [1.807, 2.05) is 0 Å². The van der Waals surface area contributed by atoms with Gasteiger partial charge in [-0.15, -0.1) is 0 Å². The lowest BCUT2D eigenvalue weighted by molar-refractivity contribution is -0.154. The summed E-state index contributed by atoms with van der Waals surface area (Å²) in [6.45, 7) is 3.81. The normalized spacial score (nSPS) is 11.8. The highest BCUT2D eigenvalue weighted by molar-refractivity contribution is 6.42. The van der Waals surface area contributed by atoms with Crippen LogP contribution in [0.15, 0.2) is 18.2 Å². The SMILES string of the molecule is CCNC(=O)[C@@H](C)OC(=O)Cc1ccc(Cl)c(Cl)c1. The number of esters is 1. The van der Waals surface area contributed by atoms with E-state index in [1.165, 1.54) is 6.92 Å². The van der Waals surface area contributed by atoms with Crippen LogP contribution in [0.25, 0.3) is 0 Å². The molecule has 6 heteroatoms. The second kappa shape index (κ2) is 7.36. The van der Waals surface area contributed by atoms with Crippen molar-refractivity contribution in [3.63, 3.8) is 0 Å². The van der Waals surface area contributed by atoms with Gasteiger partial charge in [0, 0.05) is 6.54 Å². The average Bonchev–Trinajstić information content (AvgIpc) is 2.34. The number of nitrogens with one attached hydrogen (secondary N) is 1. The first-order valence-corrected chi connectivity index (χ1v) is 6.60. The van der Waals surface area contributed by atoms with Gasteiger partial charge in [0.05, 0.1) is 16.5 Å². The number of hydrogen-bond donors (Lipinski definition) is 1. The molecule has 0 aliphatic heterocycles. The first kappa shape index (κ1) is 15.8. The second-order valence-corrected chi connectivity index (χ2v) is 4.77. The van der Waals surface area contributed by atoms with Crippen molar-refractivity contribution in [1.82, 2.24) is 5.32 Å². The summed E-state index contributed by atoms with van der Waals surface area (Å²) in [6, 6.07) is 4.90. The Kier molecular flexibility index (Phi) is 6.12. The molecule has 0 fully saturated rings. The maximum Gasteiger partial charge on any atom is 0.311 e. The fourth-order valence-corrected chi connectivity index (χ4v) is 1.75. The number of carbonyl (C=O) groups is 2. The molecule has 1 aromatic rings. The van der Waals surface area contributed by atoms with E-state index in [2.05, 4.69) is 5.32 Å². The summed E-state index contributed by atoms with van der Waals surface area (Å²) in [5.41, 5.74) is 0.683. The standard InChI is InChI=1S/C13H15Cl2NO3/c1-3-16-13(18)8(2)19-12(17)7-9-4-5-10(14)11(15)6-9/h4-6,8H,3,7H2,1-2H3,(H,16,18)/t8-/m1/s1. The maximum absolute atomic E-state index is 11.6. The highest BCUT2D eigenvalue weighted by Gasteiger charge is 2.17. The quantitative estimate of drug-likeness (QED) is 0.851. The first-order chi connectivity index (χ1) is 8.93. The zero-order chi connectivity index (χ0) is 14.4. The molecule has 104 valence electrons. The van der Waals surface area contributed by atoms with E-state index >= 15 is 0 Å². The Bertz CT molecular complexity index is 477. The molecule has 1 atom stereocenters. The Hall–Kier alpha value is -1.26. The summed E-state index contributed by atoms with van der Waals surface area (Å²) in [7, 11) is 0. The van der Waals surface area contributed by atoms with Gasteiger partial charge >= 0.3 is 5.97 Å². The number of hydrogen-bond acceptors (Lipinski definition) is 3. The van der Waals surface area contributed by atoms with Gasteiger partial charge in [0.25, 0.3) is 5.91 Å². The van der Waals surface area contributed by atoms with Crippen LogP contribution in [0.3, 0.4) is 0 Å². The first-order valence-electron chi connectivity index (χ1n) is 5.85. The third-order valence-corrected chi connectivity index (χ3v) is 3.10. The third-order valence-electron chi connectivity index (χ3n) is 2.36. The number of benzene rings is 1. The van der Waals surface area contributed by atoms with E-state index < -0.39 is 12.1 Å². The van der Waals surface area contributed by atoms with Gasteiger partial charge in [0.1, 0.15) is 0 Å². The van der Waals surface area contributed by atoms with Gasteiger partial charge in [-0.3, -0.25) is 9.59 Å². The summed E-state index contributed by atoms with van der Waals surface area (Å²) in [5.74, 6) is -0.804. The van der Waals surface area contributed by atoms with Gasteiger partial charge in [0.15, 0.2) is 6.10 Å². The summed E-state index contributed by atoms with van der Waals surface area (Å²) < 4.78 is 5.01. The molecule has 0 spiro atoms. The molecule has 0 radical (unpaired) electrons. The topological polar surface area (TPSA) is 55.4 Å². The molecule has 0 heterocycles. The molecule has 1 amide bonds. The number of likely N-dealkylation sites (N-methyl/N-ethyl adjacent to an activating group) is 1. The molecule has 4 nitrogen and oxygen atoms in total. The maximum atomic E-state index is 11.6. The van der Waals surface area contributed by atoms with Crippen LogP contribution in [-0.4, -0.2) is 24.5 Å². The average molecular weight is 304 g/mol. The van der Waals surface area contributed by atoms with E-state index in [1.54, 1.807) is 25.1 Å². The van der Waals surface area contributed by atoms with Crippen LogP contribution in [0.2, 0.25) is 10.0 Å². The van der Waals surface area contributed by atoms with E-state index in [4.69, 9.17) is 27.9 Å². The molecule has 0 aliphatic rings. The minimum Gasteiger partial charge on any atom is -0.452 e. The second-order valence-electron chi connectivity index (χ2n) is 3.95. The van der Waals surface area contributed by atoms with Crippen molar-refractivity contribution >= 4 is 35.1 Å². The number of halogens is 2. The summed E-state index contributed by atoms with van der Waals surface area (Å²) >= 11 is 11.6. The Morgan fingerprint density at radius 1 is 1.32 bits per heavy atom. The number of ether oxygens (including phenoxy) is 1. The Morgan fingerprint density at radius 2 is 2.00 bits per heavy atom. The molecule has 0 saturated heterocycles. The molecule has 0 saturated carbocycles. The number of amides is 1. The van der Waals surface area contributed by atoms with Gasteiger partial charge in [-0.2, -0.15) is 0 Å². The summed E-state index contributed by atoms with van der Waals surface area (Å²) in [4.78, 5) is 23.1. The van der Waals surface area contributed by atoms with Crippen molar-refractivity contribution in [3.8, 4) is 0 Å². The summed E-state index contributed by atoms with van der Waals surface area (Å²) in [6.07, 6.45) is -0.768. The third kappa shape index (κ3) is 5.09. The van der Waals surface area contributed by atoms with Crippen LogP contribution in [-0.2, 0) is 20.7 Å². The van der Waals surface area contributed by atoms with Crippen molar-refractivity contribution < 1.29 is 14.3 Å². The molecule has 0 bridgehead atoms. The highest BCUT2D eigenvalue weighted by atomic mass is 35.5. The predicted octanol–water partition coefficient (Wildman–Crippen LogP) is 2.60. The molecule has 0 aromatic heterocycles. The van der Waals surface area contributed by atoms with E-state index in [0.717, 1.165) is 0 Å². The van der Waals surface area contributed by atoms with Crippen LogP contribution in [0, 0.1) is 0 Å². The lowest BCUT2D eigenvalue weighted by Crippen LogP contribution is -2.35. The van der Waals surface area contributed by atoms with E-state index in [-0.39, 0.29) is 12.3 Å². The van der Waals surface area contributed by atoms with E-state index in [9.17, 15) is 9.59 Å². The Balaban J connectivity index is 2.55. The minimum absolute atomic E-state index is 0.0423. The fraction of sp³-hybridized carbons (Fsp3) is 0.385. The van der Waals surface area contributed by atoms with Gasteiger partial charge in [0.2, 0.25) is 0 Å². The molecule has 1 aromatic carbocycles. The Labute approximate surface area is 122 Å². The predicted molar refractivity (Wildman–Crippen MR) is 74.4 cm³/mol. The van der Waals surface area contributed by atoms with Crippen LogP contribution in [0.5, 0.6) is 0 Å². The molecule has 1 N–H and O–H groups in total. The molecule has 19 heavy (non-hydrogen) atoms. The van der Waals surface area contributed by atoms with E-state index in [0.29, 0.717) is 22.2 Å². The molecule has 0 aliphatic carbocycles. The number of rotatable bonds is 5. The van der Waals surface area contributed by atoms with Gasteiger partial charge < -0.3 is 10.1 Å². The molecule has 1 rings (SSSR count). The van der Waals surface area contributed by atoms with Crippen LogP contribution >= 0.6 is 23.2 Å². The Morgan fingerprint density at radius 3 is 2.58 bits per heavy atom. The van der Waals surface area contributed by atoms with Crippen LogP contribution in [0.1, 0.15) is 19.4 Å². The van der Waals surface area contributed by atoms with Gasteiger partial charge in [-0.25, -0.2) is 0 Å². The van der Waals surface area contributed by atoms with Crippen molar-refractivity contribution in [2.24, 2.45) is 0 Å². The zero-order valence-corrected chi connectivity index (χ0v) is 12.2. The molecule has 0 unspecified atom stereocenters. The van der Waals surface area contributed by atoms with Crippen molar-refractivity contribution in [1.29, 1.82) is 0 Å². The zero-order valence-electron chi connectivity index (χ0n) is 10.7. The molecular weight excluding hydrogens is 289 g/mol. The largest absolute Gasteiger partial charge is 0.452 e. The lowest BCUT2D eigenvalue weighted by Gasteiger charge is -2.12. The fourth-order valence-electron chi connectivity index (χ4n) is 1.43. The van der Waals surface area contributed by atoms with Gasteiger partial charge in [-0.05, 0) is 31.5 Å². The van der Waals surface area contributed by atoms with Crippen LogP contribution < -0.4 is 5.32 Å². The monoisotopic (exact) mass is 303 g/mol. The highest BCUT2D eigenvalue weighted by Crippen LogP contribution is 2.22. The van der Waals surface area contributed by atoms with Crippen molar-refractivity contribution in [3.05, 3.63) is 33.8 Å². The smallest absolute Gasteiger partial charge is 0.311 e. The van der Waals surface area contributed by atoms with Crippen molar-refractivity contribution in [2.45, 2.75) is 26.4 Å². The summed E-state index contributed by atoms with van der Waals surface area (Å²) in [5, 5.41) is 3.38. The van der Waals surface area contributed by atoms with Crippen molar-refractivity contribution in [2.75, 3.05) is 6.54 Å².